The molecule has 0 saturated carbocycles. The summed E-state index contributed by atoms with van der Waals surface area (Å²) in [5, 5.41) is 13.7. The van der Waals surface area contributed by atoms with E-state index >= 15 is 0 Å². The van der Waals surface area contributed by atoms with E-state index in [4.69, 9.17) is 21.1 Å². The smallest absolute Gasteiger partial charge is 0.418 e. The number of ether oxygens (including phenoxy) is 2. The van der Waals surface area contributed by atoms with E-state index in [1.165, 1.54) is 31.5 Å². The average Bonchev–Trinajstić information content (AvgIpc) is 3.37. The Morgan fingerprint density at radius 3 is 2.67 bits per heavy atom. The van der Waals surface area contributed by atoms with Crippen molar-refractivity contribution in [2.24, 2.45) is 0 Å². The topological polar surface area (TPSA) is 147 Å². The molecule has 4 rings (SSSR count). The molecule has 2 amide bonds. The molecular formula is C24H22ClF3N6O5. The predicted molar refractivity (Wildman–Crippen MR) is 133 cm³/mol. The number of anilines is 2. The molecule has 206 valence electrons. The summed E-state index contributed by atoms with van der Waals surface area (Å²) in [5.41, 5.74) is -2.75. The Labute approximate surface area is 224 Å². The second-order valence-corrected chi connectivity index (χ2v) is 8.95. The van der Waals surface area contributed by atoms with Gasteiger partial charge in [-0.15, -0.1) is 0 Å². The van der Waals surface area contributed by atoms with E-state index in [-0.39, 0.29) is 59.6 Å². The van der Waals surface area contributed by atoms with Gasteiger partial charge in [0.1, 0.15) is 11.3 Å². The van der Waals surface area contributed by atoms with Crippen LogP contribution in [0, 0.1) is 0 Å². The van der Waals surface area contributed by atoms with Crippen molar-refractivity contribution in [2.75, 3.05) is 25.6 Å². The number of hydrogen-bond donors (Lipinski definition) is 4. The van der Waals surface area contributed by atoms with Crippen molar-refractivity contribution in [3.8, 4) is 5.75 Å². The normalized spacial score (nSPS) is 16.9. The van der Waals surface area contributed by atoms with Gasteiger partial charge in [0.15, 0.2) is 0 Å². The van der Waals surface area contributed by atoms with Crippen molar-refractivity contribution in [3.05, 3.63) is 74.9 Å². The third kappa shape index (κ3) is 6.46. The van der Waals surface area contributed by atoms with Crippen LogP contribution in [0.2, 0.25) is 5.02 Å². The maximum absolute atomic E-state index is 13.5. The number of pyridine rings is 1. The zero-order chi connectivity index (χ0) is 28.2. The van der Waals surface area contributed by atoms with Crippen LogP contribution in [0.4, 0.5) is 24.5 Å². The van der Waals surface area contributed by atoms with Gasteiger partial charge >= 0.3 is 6.18 Å². The summed E-state index contributed by atoms with van der Waals surface area (Å²) in [4.78, 5) is 41.4. The SMILES string of the molecule is COc1ccc(Nc2cnc(CNC(=O)C3(NC(=O)c4cn[nH]c(=O)c4)CCOC3)c(Cl)c2)c(C(F)(F)F)c1. The van der Waals surface area contributed by atoms with Gasteiger partial charge in [-0.3, -0.25) is 19.4 Å². The highest BCUT2D eigenvalue weighted by molar-refractivity contribution is 6.31. The number of aromatic amines is 1. The largest absolute Gasteiger partial charge is 0.497 e. The highest BCUT2D eigenvalue weighted by Crippen LogP contribution is 2.38. The fourth-order valence-electron chi connectivity index (χ4n) is 3.84. The van der Waals surface area contributed by atoms with Crippen LogP contribution in [0.15, 0.2) is 47.5 Å². The number of nitrogens with zero attached hydrogens (tertiary/aromatic N) is 2. The fourth-order valence-corrected chi connectivity index (χ4v) is 4.07. The fraction of sp³-hybridized carbons (Fsp3) is 0.292. The third-order valence-electron chi connectivity index (χ3n) is 5.88. The van der Waals surface area contributed by atoms with E-state index in [2.05, 4.69) is 31.1 Å². The van der Waals surface area contributed by atoms with Crippen LogP contribution >= 0.6 is 11.6 Å². The Kier molecular flexibility index (Phi) is 8.06. The number of benzene rings is 1. The molecule has 1 atom stereocenters. The number of halogens is 4. The molecule has 1 aliphatic rings. The lowest BCUT2D eigenvalue weighted by Gasteiger charge is -2.27. The summed E-state index contributed by atoms with van der Waals surface area (Å²) >= 11 is 6.30. The van der Waals surface area contributed by atoms with Crippen LogP contribution in [0.25, 0.3) is 0 Å². The molecule has 11 nitrogen and oxygen atoms in total. The van der Waals surface area contributed by atoms with E-state index in [0.29, 0.717) is 0 Å². The number of alkyl halides is 3. The predicted octanol–water partition coefficient (Wildman–Crippen LogP) is 2.79. The average molecular weight is 567 g/mol. The Bertz CT molecular complexity index is 1440. The molecule has 3 aromatic rings. The van der Waals surface area contributed by atoms with E-state index in [0.717, 1.165) is 18.3 Å². The monoisotopic (exact) mass is 566 g/mol. The summed E-state index contributed by atoms with van der Waals surface area (Å²) in [5.74, 6) is -1.21. The van der Waals surface area contributed by atoms with E-state index in [1.54, 1.807) is 0 Å². The lowest BCUT2D eigenvalue weighted by molar-refractivity contribution is -0.137. The van der Waals surface area contributed by atoms with Crippen molar-refractivity contribution < 1.29 is 32.2 Å². The second kappa shape index (κ2) is 11.3. The number of hydrogen-bond acceptors (Lipinski definition) is 8. The molecule has 1 unspecified atom stereocenters. The van der Waals surface area contributed by atoms with Gasteiger partial charge < -0.3 is 25.4 Å². The van der Waals surface area contributed by atoms with Crippen LogP contribution in [0.3, 0.4) is 0 Å². The highest BCUT2D eigenvalue weighted by Gasteiger charge is 2.44. The van der Waals surface area contributed by atoms with E-state index < -0.39 is 34.7 Å². The molecule has 2 aromatic heterocycles. The third-order valence-corrected chi connectivity index (χ3v) is 6.21. The minimum Gasteiger partial charge on any atom is -0.497 e. The molecule has 39 heavy (non-hydrogen) atoms. The van der Waals surface area contributed by atoms with Crippen molar-refractivity contribution in [3.63, 3.8) is 0 Å². The number of aromatic nitrogens is 3. The van der Waals surface area contributed by atoms with Gasteiger partial charge in [-0.1, -0.05) is 11.6 Å². The number of nitrogens with one attached hydrogen (secondary N) is 4. The summed E-state index contributed by atoms with van der Waals surface area (Å²) in [7, 11) is 1.27. The van der Waals surface area contributed by atoms with Crippen LogP contribution < -0.4 is 26.2 Å². The number of rotatable bonds is 8. The number of methoxy groups -OCH3 is 1. The first kappa shape index (κ1) is 27.9. The van der Waals surface area contributed by atoms with Crippen molar-refractivity contribution >= 4 is 34.8 Å². The Morgan fingerprint density at radius 2 is 2.03 bits per heavy atom. The Hall–Kier alpha value is -4.17. The van der Waals surface area contributed by atoms with Crippen LogP contribution in [-0.2, 0) is 22.3 Å². The highest BCUT2D eigenvalue weighted by atomic mass is 35.5. The Morgan fingerprint density at radius 1 is 1.23 bits per heavy atom. The zero-order valence-corrected chi connectivity index (χ0v) is 21.1. The van der Waals surface area contributed by atoms with Crippen LogP contribution in [0.1, 0.15) is 28.0 Å². The van der Waals surface area contributed by atoms with Gasteiger partial charge in [0, 0.05) is 19.1 Å². The quantitative estimate of drug-likeness (QED) is 0.325. The molecule has 0 radical (unpaired) electrons. The molecule has 1 aromatic carbocycles. The van der Waals surface area contributed by atoms with Gasteiger partial charge in [0.2, 0.25) is 5.91 Å². The van der Waals surface area contributed by atoms with Gasteiger partial charge in [0.05, 0.1) is 65.9 Å². The molecule has 1 saturated heterocycles. The first-order valence-electron chi connectivity index (χ1n) is 11.4. The van der Waals surface area contributed by atoms with Crippen LogP contribution in [0.5, 0.6) is 5.75 Å². The first-order valence-corrected chi connectivity index (χ1v) is 11.8. The Balaban J connectivity index is 1.45. The molecule has 0 bridgehead atoms. The zero-order valence-electron chi connectivity index (χ0n) is 20.3. The molecule has 1 aliphatic heterocycles. The molecular weight excluding hydrogens is 545 g/mol. The molecule has 0 spiro atoms. The number of amides is 2. The summed E-state index contributed by atoms with van der Waals surface area (Å²) < 4.78 is 50.8. The minimum atomic E-state index is -4.64. The molecule has 15 heteroatoms. The van der Waals surface area contributed by atoms with E-state index in [1.807, 2.05) is 0 Å². The molecule has 0 aliphatic carbocycles. The number of H-pyrrole nitrogens is 1. The molecule has 4 N–H and O–H groups in total. The van der Waals surface area contributed by atoms with Gasteiger partial charge in [0.25, 0.3) is 11.5 Å². The standard InChI is InChI=1S/C24H22ClF3N6O5/c1-38-15-2-3-18(16(8-15)24(26,27)28)32-14-7-17(25)19(29-10-14)11-30-22(37)23(4-5-39-12-23)33-21(36)13-6-20(35)34-31-9-13/h2-3,6-10,32H,4-5,11-12H2,1H3,(H,30,37)(H,33,36)(H,34,35). The van der Waals surface area contributed by atoms with Crippen molar-refractivity contribution in [2.45, 2.75) is 24.7 Å². The van der Waals surface area contributed by atoms with Gasteiger partial charge in [-0.2, -0.15) is 18.3 Å². The summed E-state index contributed by atoms with van der Waals surface area (Å²) in [6.45, 7) is -0.0287. The first-order chi connectivity index (χ1) is 18.5. The van der Waals surface area contributed by atoms with Gasteiger partial charge in [-0.05, 0) is 24.3 Å². The van der Waals surface area contributed by atoms with Crippen LogP contribution in [-0.4, -0.2) is 52.9 Å². The summed E-state index contributed by atoms with van der Waals surface area (Å²) in [6, 6.07) is 5.89. The summed E-state index contributed by atoms with van der Waals surface area (Å²) in [6.07, 6.45) is -2.04. The maximum Gasteiger partial charge on any atom is 0.418 e. The molecule has 1 fully saturated rings. The maximum atomic E-state index is 13.5. The van der Waals surface area contributed by atoms with Gasteiger partial charge in [-0.25, -0.2) is 5.10 Å². The minimum absolute atomic E-state index is 0.0313. The van der Waals surface area contributed by atoms with E-state index in [9.17, 15) is 27.6 Å². The van der Waals surface area contributed by atoms with Crippen molar-refractivity contribution in [1.29, 1.82) is 0 Å². The van der Waals surface area contributed by atoms with Crippen molar-refractivity contribution in [1.82, 2.24) is 25.8 Å². The lowest BCUT2D eigenvalue weighted by Crippen LogP contribution is -2.59. The second-order valence-electron chi connectivity index (χ2n) is 8.54. The molecule has 3 heterocycles. The number of carbonyl (C=O) groups excluding carboxylic acids is 2. The number of carbonyl (C=O) groups is 2. The lowest BCUT2D eigenvalue weighted by atomic mass is 9.96.